The van der Waals surface area contributed by atoms with E-state index in [-0.39, 0.29) is 11.8 Å². The van der Waals surface area contributed by atoms with Crippen LogP contribution >= 0.6 is 0 Å². The summed E-state index contributed by atoms with van der Waals surface area (Å²) >= 11 is 0. The zero-order valence-corrected chi connectivity index (χ0v) is 13.9. The molecule has 5 heteroatoms. The molecule has 120 valence electrons. The summed E-state index contributed by atoms with van der Waals surface area (Å²) in [6.07, 6.45) is 1.23. The Morgan fingerprint density at radius 1 is 1.25 bits per heavy atom. The second kappa shape index (κ2) is 12.1. The molecule has 1 N–H and O–H groups in total. The second-order valence-corrected chi connectivity index (χ2v) is 5.59. The van der Waals surface area contributed by atoms with Gasteiger partial charge in [-0.15, -0.1) is 0 Å². The number of ether oxygens (including phenoxy) is 1. The SMILES string of the molecule is CC(C)C(=O)N(C)C.CCCNCCN1CCOCC1. The van der Waals surface area contributed by atoms with Gasteiger partial charge in [0, 0.05) is 46.2 Å². The first kappa shape index (κ1) is 19.4. The van der Waals surface area contributed by atoms with Crippen molar-refractivity contribution in [2.75, 3.05) is 60.0 Å². The number of carbonyl (C=O) groups is 1. The van der Waals surface area contributed by atoms with E-state index < -0.39 is 0 Å². The molecular formula is C15H33N3O2. The van der Waals surface area contributed by atoms with Gasteiger partial charge in [0.15, 0.2) is 0 Å². The minimum atomic E-state index is 0.130. The van der Waals surface area contributed by atoms with E-state index in [1.165, 1.54) is 13.0 Å². The molecule has 0 bridgehead atoms. The minimum Gasteiger partial charge on any atom is -0.379 e. The van der Waals surface area contributed by atoms with E-state index in [9.17, 15) is 4.79 Å². The highest BCUT2D eigenvalue weighted by molar-refractivity contribution is 5.77. The molecule has 0 atom stereocenters. The van der Waals surface area contributed by atoms with Gasteiger partial charge in [0.05, 0.1) is 13.2 Å². The Kier molecular flexibility index (Phi) is 11.7. The Labute approximate surface area is 124 Å². The van der Waals surface area contributed by atoms with Crippen LogP contribution in [0.1, 0.15) is 27.2 Å². The van der Waals surface area contributed by atoms with Gasteiger partial charge in [-0.05, 0) is 13.0 Å². The van der Waals surface area contributed by atoms with Crippen molar-refractivity contribution >= 4 is 5.91 Å². The van der Waals surface area contributed by atoms with E-state index >= 15 is 0 Å². The minimum absolute atomic E-state index is 0.130. The van der Waals surface area contributed by atoms with Crippen molar-refractivity contribution in [3.05, 3.63) is 0 Å². The molecule has 1 saturated heterocycles. The molecule has 0 aromatic carbocycles. The maximum Gasteiger partial charge on any atom is 0.224 e. The summed E-state index contributed by atoms with van der Waals surface area (Å²) in [6.45, 7) is 13.4. The fourth-order valence-corrected chi connectivity index (χ4v) is 1.88. The van der Waals surface area contributed by atoms with Gasteiger partial charge >= 0.3 is 0 Å². The van der Waals surface area contributed by atoms with Gasteiger partial charge in [-0.25, -0.2) is 0 Å². The quantitative estimate of drug-likeness (QED) is 0.742. The monoisotopic (exact) mass is 287 g/mol. The summed E-state index contributed by atoms with van der Waals surface area (Å²) in [4.78, 5) is 14.8. The van der Waals surface area contributed by atoms with Crippen LogP contribution in [0.3, 0.4) is 0 Å². The lowest BCUT2D eigenvalue weighted by molar-refractivity contribution is -0.131. The van der Waals surface area contributed by atoms with Crippen LogP contribution in [0.5, 0.6) is 0 Å². The maximum atomic E-state index is 10.8. The molecule has 5 nitrogen and oxygen atoms in total. The number of amides is 1. The standard InChI is InChI=1S/C9H20N2O.C6H13NO/c1-2-3-10-4-5-11-6-8-12-9-7-11;1-5(2)6(8)7(3)4/h10H,2-9H2,1H3;5H,1-4H3. The number of hydrogen-bond donors (Lipinski definition) is 1. The van der Waals surface area contributed by atoms with Crippen LogP contribution in [-0.2, 0) is 9.53 Å². The molecule has 1 aliphatic heterocycles. The molecule has 1 fully saturated rings. The highest BCUT2D eigenvalue weighted by Crippen LogP contribution is 1.95. The van der Waals surface area contributed by atoms with Gasteiger partial charge in [-0.3, -0.25) is 9.69 Å². The largest absolute Gasteiger partial charge is 0.379 e. The Bertz CT molecular complexity index is 229. The number of rotatable bonds is 6. The summed E-state index contributed by atoms with van der Waals surface area (Å²) in [5, 5.41) is 3.40. The van der Waals surface area contributed by atoms with Crippen molar-refractivity contribution in [3.8, 4) is 0 Å². The molecule has 1 amide bonds. The summed E-state index contributed by atoms with van der Waals surface area (Å²) in [7, 11) is 3.53. The summed E-state index contributed by atoms with van der Waals surface area (Å²) in [6, 6.07) is 0. The number of hydrogen-bond acceptors (Lipinski definition) is 4. The first-order chi connectivity index (χ1) is 9.49. The van der Waals surface area contributed by atoms with Crippen LogP contribution in [0.2, 0.25) is 0 Å². The third kappa shape index (κ3) is 10.2. The van der Waals surface area contributed by atoms with Crippen LogP contribution in [-0.4, -0.2) is 75.7 Å². The smallest absolute Gasteiger partial charge is 0.224 e. The number of nitrogens with one attached hydrogen (secondary N) is 1. The van der Waals surface area contributed by atoms with E-state index in [1.54, 1.807) is 19.0 Å². The van der Waals surface area contributed by atoms with Gasteiger partial charge in [0.25, 0.3) is 0 Å². The zero-order chi connectivity index (χ0) is 15.4. The average Bonchev–Trinajstić information content (AvgIpc) is 2.44. The van der Waals surface area contributed by atoms with E-state index in [0.29, 0.717) is 0 Å². The first-order valence-electron chi connectivity index (χ1n) is 7.71. The molecule has 0 aromatic heterocycles. The van der Waals surface area contributed by atoms with Crippen molar-refractivity contribution in [3.63, 3.8) is 0 Å². The molecule has 0 saturated carbocycles. The molecular weight excluding hydrogens is 254 g/mol. The van der Waals surface area contributed by atoms with Crippen LogP contribution in [0.4, 0.5) is 0 Å². The first-order valence-corrected chi connectivity index (χ1v) is 7.71. The van der Waals surface area contributed by atoms with Crippen molar-refractivity contribution in [1.29, 1.82) is 0 Å². The van der Waals surface area contributed by atoms with Gasteiger partial charge in [-0.2, -0.15) is 0 Å². The molecule has 1 heterocycles. The Balaban J connectivity index is 0.000000396. The van der Waals surface area contributed by atoms with Crippen LogP contribution in [0.15, 0.2) is 0 Å². The second-order valence-electron chi connectivity index (χ2n) is 5.59. The highest BCUT2D eigenvalue weighted by Gasteiger charge is 2.08. The fourth-order valence-electron chi connectivity index (χ4n) is 1.88. The molecule has 1 rings (SSSR count). The van der Waals surface area contributed by atoms with Crippen molar-refractivity contribution < 1.29 is 9.53 Å². The molecule has 0 aromatic rings. The van der Waals surface area contributed by atoms with Crippen LogP contribution in [0.25, 0.3) is 0 Å². The van der Waals surface area contributed by atoms with Crippen LogP contribution in [0, 0.1) is 5.92 Å². The Morgan fingerprint density at radius 3 is 2.25 bits per heavy atom. The van der Waals surface area contributed by atoms with Crippen molar-refractivity contribution in [2.24, 2.45) is 5.92 Å². The molecule has 0 unspecified atom stereocenters. The Hall–Kier alpha value is -0.650. The lowest BCUT2D eigenvalue weighted by Gasteiger charge is -2.26. The molecule has 1 aliphatic rings. The van der Waals surface area contributed by atoms with Crippen molar-refractivity contribution in [1.82, 2.24) is 15.1 Å². The third-order valence-corrected chi connectivity index (χ3v) is 3.07. The molecule has 0 spiro atoms. The van der Waals surface area contributed by atoms with Gasteiger partial charge in [-0.1, -0.05) is 20.8 Å². The van der Waals surface area contributed by atoms with Crippen LogP contribution < -0.4 is 5.32 Å². The maximum absolute atomic E-state index is 10.8. The van der Waals surface area contributed by atoms with E-state index in [0.717, 1.165) is 39.4 Å². The van der Waals surface area contributed by atoms with E-state index in [2.05, 4.69) is 17.1 Å². The lowest BCUT2D eigenvalue weighted by atomic mass is 10.2. The predicted molar refractivity (Wildman–Crippen MR) is 84.0 cm³/mol. The summed E-state index contributed by atoms with van der Waals surface area (Å²) in [5.74, 6) is 0.315. The number of morpholine rings is 1. The van der Waals surface area contributed by atoms with E-state index in [1.807, 2.05) is 13.8 Å². The van der Waals surface area contributed by atoms with Gasteiger partial charge < -0.3 is 15.0 Å². The van der Waals surface area contributed by atoms with Crippen molar-refractivity contribution in [2.45, 2.75) is 27.2 Å². The number of carbonyl (C=O) groups excluding carboxylic acids is 1. The fraction of sp³-hybridized carbons (Fsp3) is 0.933. The van der Waals surface area contributed by atoms with Gasteiger partial charge in [0.2, 0.25) is 5.91 Å². The predicted octanol–water partition coefficient (Wildman–Crippen LogP) is 1.05. The lowest BCUT2D eigenvalue weighted by Crippen LogP contribution is -2.40. The van der Waals surface area contributed by atoms with Gasteiger partial charge in [0.1, 0.15) is 0 Å². The summed E-state index contributed by atoms with van der Waals surface area (Å²) < 4.78 is 5.27. The van der Waals surface area contributed by atoms with E-state index in [4.69, 9.17) is 4.74 Å². The topological polar surface area (TPSA) is 44.8 Å². The zero-order valence-electron chi connectivity index (χ0n) is 13.9. The third-order valence-electron chi connectivity index (χ3n) is 3.07. The normalized spacial score (nSPS) is 15.7. The molecule has 0 radical (unpaired) electrons. The average molecular weight is 287 g/mol. The molecule has 20 heavy (non-hydrogen) atoms. The Morgan fingerprint density at radius 2 is 1.85 bits per heavy atom. The highest BCUT2D eigenvalue weighted by atomic mass is 16.5. The molecule has 0 aliphatic carbocycles. The number of nitrogens with zero attached hydrogens (tertiary/aromatic N) is 2. The summed E-state index contributed by atoms with van der Waals surface area (Å²) in [5.41, 5.74) is 0.